The zero-order chi connectivity index (χ0) is 14.8. The molecule has 2 aliphatic rings. The van der Waals surface area contributed by atoms with E-state index in [2.05, 4.69) is 5.32 Å². The monoisotopic (exact) mass is 280 g/mol. The van der Waals surface area contributed by atoms with Crippen molar-refractivity contribution in [2.24, 2.45) is 5.92 Å². The van der Waals surface area contributed by atoms with Crippen LogP contribution in [0.5, 0.6) is 0 Å². The Hall–Kier alpha value is -1.06. The number of hydrogen-bond donors (Lipinski definition) is 1. The first-order valence-corrected chi connectivity index (χ1v) is 8.23. The molecule has 2 rings (SSSR count). The van der Waals surface area contributed by atoms with E-state index in [1.807, 2.05) is 25.7 Å². The van der Waals surface area contributed by atoms with Crippen molar-refractivity contribution in [1.82, 2.24) is 10.2 Å². The lowest BCUT2D eigenvalue weighted by atomic mass is 9.79. The van der Waals surface area contributed by atoms with Crippen molar-refractivity contribution in [3.05, 3.63) is 0 Å². The Balaban J connectivity index is 2.24. The van der Waals surface area contributed by atoms with E-state index < -0.39 is 5.54 Å². The highest BCUT2D eigenvalue weighted by Gasteiger charge is 2.51. The fourth-order valence-electron chi connectivity index (χ4n) is 4.04. The van der Waals surface area contributed by atoms with Crippen LogP contribution in [0.2, 0.25) is 0 Å². The van der Waals surface area contributed by atoms with Crippen LogP contribution >= 0.6 is 0 Å². The van der Waals surface area contributed by atoms with Crippen molar-refractivity contribution in [2.45, 2.75) is 77.3 Å². The maximum Gasteiger partial charge on any atom is 0.246 e. The fraction of sp³-hybridized carbons (Fsp3) is 0.875. The first-order chi connectivity index (χ1) is 9.60. The van der Waals surface area contributed by atoms with Gasteiger partial charge in [-0.2, -0.15) is 0 Å². The van der Waals surface area contributed by atoms with Crippen LogP contribution in [0.15, 0.2) is 0 Å². The van der Waals surface area contributed by atoms with Gasteiger partial charge in [0.1, 0.15) is 11.6 Å². The SMILES string of the molecule is CCN1C(=O)C(C2CCCCC2)NC(=O)C1(CC)CC. The van der Waals surface area contributed by atoms with E-state index in [1.54, 1.807) is 0 Å². The summed E-state index contributed by atoms with van der Waals surface area (Å²) < 4.78 is 0. The molecule has 1 aliphatic heterocycles. The van der Waals surface area contributed by atoms with Crippen LogP contribution in [0.25, 0.3) is 0 Å². The summed E-state index contributed by atoms with van der Waals surface area (Å²) in [6, 6.07) is -0.283. The summed E-state index contributed by atoms with van der Waals surface area (Å²) in [5.41, 5.74) is -0.628. The first-order valence-electron chi connectivity index (χ1n) is 8.23. The van der Waals surface area contributed by atoms with Crippen LogP contribution in [-0.2, 0) is 9.59 Å². The highest BCUT2D eigenvalue weighted by Crippen LogP contribution is 2.34. The molecule has 1 saturated heterocycles. The third-order valence-electron chi connectivity index (χ3n) is 5.37. The molecule has 4 nitrogen and oxygen atoms in total. The predicted molar refractivity (Wildman–Crippen MR) is 79.2 cm³/mol. The van der Waals surface area contributed by atoms with Crippen LogP contribution in [0, 0.1) is 5.92 Å². The molecule has 2 amide bonds. The predicted octanol–water partition coefficient (Wildman–Crippen LogP) is 2.47. The Morgan fingerprint density at radius 2 is 1.70 bits per heavy atom. The topological polar surface area (TPSA) is 49.4 Å². The molecule has 114 valence electrons. The standard InChI is InChI=1S/C16H28N2O2/c1-4-16(5-2)15(20)17-13(14(19)18(16)6-3)12-10-8-7-9-11-12/h12-13H,4-11H2,1-3H3,(H,17,20). The van der Waals surface area contributed by atoms with Gasteiger partial charge in [0.15, 0.2) is 0 Å². The van der Waals surface area contributed by atoms with Crippen molar-refractivity contribution < 1.29 is 9.59 Å². The van der Waals surface area contributed by atoms with E-state index >= 15 is 0 Å². The summed E-state index contributed by atoms with van der Waals surface area (Å²) in [5, 5.41) is 3.06. The molecule has 1 atom stereocenters. The average Bonchev–Trinajstić information content (AvgIpc) is 2.49. The third-order valence-corrected chi connectivity index (χ3v) is 5.37. The van der Waals surface area contributed by atoms with Gasteiger partial charge >= 0.3 is 0 Å². The average molecular weight is 280 g/mol. The molecule has 1 saturated carbocycles. The van der Waals surface area contributed by atoms with E-state index in [-0.39, 0.29) is 17.9 Å². The lowest BCUT2D eigenvalue weighted by molar-refractivity contribution is -0.160. The van der Waals surface area contributed by atoms with Gasteiger partial charge < -0.3 is 10.2 Å². The molecular weight excluding hydrogens is 252 g/mol. The molecule has 1 aliphatic carbocycles. The van der Waals surface area contributed by atoms with E-state index in [0.717, 1.165) is 12.8 Å². The number of carbonyl (C=O) groups excluding carboxylic acids is 2. The number of piperazine rings is 1. The van der Waals surface area contributed by atoms with E-state index in [9.17, 15) is 9.59 Å². The lowest BCUT2D eigenvalue weighted by Gasteiger charge is -2.49. The second kappa shape index (κ2) is 6.15. The first kappa shape index (κ1) is 15.3. The molecule has 0 spiro atoms. The summed E-state index contributed by atoms with van der Waals surface area (Å²) in [6.07, 6.45) is 7.14. The van der Waals surface area contributed by atoms with E-state index in [0.29, 0.717) is 25.3 Å². The molecule has 0 aromatic carbocycles. The zero-order valence-electron chi connectivity index (χ0n) is 13.1. The molecule has 1 unspecified atom stereocenters. The molecule has 1 N–H and O–H groups in total. The molecule has 0 radical (unpaired) electrons. The zero-order valence-corrected chi connectivity index (χ0v) is 13.1. The van der Waals surface area contributed by atoms with Crippen molar-refractivity contribution in [3.63, 3.8) is 0 Å². The van der Waals surface area contributed by atoms with Gasteiger partial charge in [-0.25, -0.2) is 0 Å². The van der Waals surface area contributed by atoms with Crippen molar-refractivity contribution >= 4 is 11.8 Å². The quantitative estimate of drug-likeness (QED) is 0.860. The molecular formula is C16H28N2O2. The van der Waals surface area contributed by atoms with Gasteiger partial charge in [0.05, 0.1) is 0 Å². The summed E-state index contributed by atoms with van der Waals surface area (Å²) in [4.78, 5) is 27.3. The summed E-state index contributed by atoms with van der Waals surface area (Å²) in [6.45, 7) is 6.60. The van der Waals surface area contributed by atoms with Gasteiger partial charge in [-0.05, 0) is 38.5 Å². The second-order valence-electron chi connectivity index (χ2n) is 6.17. The lowest BCUT2D eigenvalue weighted by Crippen LogP contribution is -2.71. The van der Waals surface area contributed by atoms with Gasteiger partial charge in [0.25, 0.3) is 0 Å². The smallest absolute Gasteiger partial charge is 0.246 e. The minimum atomic E-state index is -0.628. The van der Waals surface area contributed by atoms with Gasteiger partial charge in [-0.15, -0.1) is 0 Å². The maximum absolute atomic E-state index is 12.8. The maximum atomic E-state index is 12.8. The molecule has 20 heavy (non-hydrogen) atoms. The summed E-state index contributed by atoms with van der Waals surface area (Å²) in [7, 11) is 0. The van der Waals surface area contributed by atoms with Crippen molar-refractivity contribution in [2.75, 3.05) is 6.54 Å². The number of nitrogens with zero attached hydrogens (tertiary/aromatic N) is 1. The van der Waals surface area contributed by atoms with Crippen molar-refractivity contribution in [1.29, 1.82) is 0 Å². The van der Waals surface area contributed by atoms with Crippen LogP contribution in [0.4, 0.5) is 0 Å². The van der Waals surface area contributed by atoms with Crippen LogP contribution < -0.4 is 5.32 Å². The molecule has 0 aromatic rings. The molecule has 1 heterocycles. The van der Waals surface area contributed by atoms with E-state index in [1.165, 1.54) is 19.3 Å². The number of amides is 2. The minimum absolute atomic E-state index is 0.0551. The highest BCUT2D eigenvalue weighted by atomic mass is 16.2. The largest absolute Gasteiger partial charge is 0.342 e. The van der Waals surface area contributed by atoms with Crippen LogP contribution in [0.1, 0.15) is 65.7 Å². The fourth-order valence-corrected chi connectivity index (χ4v) is 4.04. The second-order valence-corrected chi connectivity index (χ2v) is 6.17. The number of hydrogen-bond acceptors (Lipinski definition) is 2. The van der Waals surface area contributed by atoms with E-state index in [4.69, 9.17) is 0 Å². The number of carbonyl (C=O) groups is 2. The normalized spacial score (nSPS) is 27.6. The van der Waals surface area contributed by atoms with Gasteiger partial charge in [-0.3, -0.25) is 9.59 Å². The minimum Gasteiger partial charge on any atom is -0.342 e. The molecule has 0 aromatic heterocycles. The molecule has 0 bridgehead atoms. The Kier molecular flexibility index (Phi) is 4.71. The molecule has 4 heteroatoms. The van der Waals surface area contributed by atoms with Gasteiger partial charge in [-0.1, -0.05) is 33.1 Å². The van der Waals surface area contributed by atoms with Gasteiger partial charge in [0, 0.05) is 6.54 Å². The Bertz CT molecular complexity index is 371. The number of rotatable bonds is 4. The Labute approximate surface area is 122 Å². The summed E-state index contributed by atoms with van der Waals surface area (Å²) in [5.74, 6) is 0.531. The van der Waals surface area contributed by atoms with Crippen LogP contribution in [0.3, 0.4) is 0 Å². The Morgan fingerprint density at radius 1 is 1.10 bits per heavy atom. The third kappa shape index (κ3) is 2.33. The molecule has 2 fully saturated rings. The Morgan fingerprint density at radius 3 is 2.20 bits per heavy atom. The summed E-state index contributed by atoms with van der Waals surface area (Å²) >= 11 is 0. The highest BCUT2D eigenvalue weighted by molar-refractivity contribution is 6.00. The number of likely N-dealkylation sites (N-methyl/N-ethyl adjacent to an activating group) is 1. The number of nitrogens with one attached hydrogen (secondary N) is 1. The van der Waals surface area contributed by atoms with Gasteiger partial charge in [0.2, 0.25) is 11.8 Å². The van der Waals surface area contributed by atoms with Crippen molar-refractivity contribution in [3.8, 4) is 0 Å². The van der Waals surface area contributed by atoms with Crippen LogP contribution in [-0.4, -0.2) is 34.8 Å².